The highest BCUT2D eigenvalue weighted by molar-refractivity contribution is 6.30. The molecule has 3 aromatic rings. The van der Waals surface area contributed by atoms with Crippen LogP contribution in [-0.4, -0.2) is 32.1 Å². The van der Waals surface area contributed by atoms with Crippen LogP contribution in [0.4, 0.5) is 4.39 Å². The molecule has 0 fully saturated rings. The van der Waals surface area contributed by atoms with Crippen LogP contribution in [0.2, 0.25) is 5.02 Å². The van der Waals surface area contributed by atoms with Crippen LogP contribution in [0.3, 0.4) is 0 Å². The van der Waals surface area contributed by atoms with Crippen molar-refractivity contribution >= 4 is 17.5 Å². The van der Waals surface area contributed by atoms with Crippen molar-refractivity contribution in [2.45, 2.75) is 26.4 Å². The van der Waals surface area contributed by atoms with Crippen LogP contribution in [0.5, 0.6) is 0 Å². The van der Waals surface area contributed by atoms with E-state index in [4.69, 9.17) is 16.0 Å². The Labute approximate surface area is 154 Å². The molecule has 1 aliphatic heterocycles. The number of hydrogen-bond acceptors (Lipinski definition) is 4. The minimum absolute atomic E-state index is 0.00799. The number of halogens is 2. The summed E-state index contributed by atoms with van der Waals surface area (Å²) in [5.41, 5.74) is 0.258. The van der Waals surface area contributed by atoms with Crippen LogP contribution >= 0.6 is 11.6 Å². The van der Waals surface area contributed by atoms with Crippen LogP contribution < -0.4 is 0 Å². The zero-order valence-electron chi connectivity index (χ0n) is 14.2. The topological polar surface area (TPSA) is 64.2 Å². The summed E-state index contributed by atoms with van der Waals surface area (Å²) in [7, 11) is 0. The van der Waals surface area contributed by atoms with E-state index in [0.717, 1.165) is 11.8 Å². The zero-order chi connectivity index (χ0) is 18.4. The van der Waals surface area contributed by atoms with Crippen molar-refractivity contribution < 1.29 is 13.6 Å². The van der Waals surface area contributed by atoms with Gasteiger partial charge in [0.1, 0.15) is 11.6 Å². The zero-order valence-corrected chi connectivity index (χ0v) is 15.0. The molecule has 1 amide bonds. The fourth-order valence-electron chi connectivity index (χ4n) is 3.19. The SMILES string of the molecule is Cc1ccc(-c2nnc3n2CCN(C(=O)c2ccc(Cl)c(F)c2)[C@@H]3C)o1. The average molecular weight is 375 g/mol. The Morgan fingerprint density at radius 3 is 2.77 bits per heavy atom. The number of hydrogen-bond donors (Lipinski definition) is 0. The summed E-state index contributed by atoms with van der Waals surface area (Å²) in [4.78, 5) is 14.5. The molecule has 0 saturated heterocycles. The van der Waals surface area contributed by atoms with E-state index in [1.165, 1.54) is 12.1 Å². The molecule has 4 rings (SSSR count). The summed E-state index contributed by atoms with van der Waals surface area (Å²) in [5, 5.41) is 8.47. The smallest absolute Gasteiger partial charge is 0.254 e. The van der Waals surface area contributed by atoms with Crippen molar-refractivity contribution in [1.82, 2.24) is 19.7 Å². The molecule has 0 spiro atoms. The van der Waals surface area contributed by atoms with Gasteiger partial charge in [-0.1, -0.05) is 11.6 Å². The monoisotopic (exact) mass is 374 g/mol. The number of fused-ring (bicyclic) bond motifs is 1. The van der Waals surface area contributed by atoms with E-state index in [1.54, 1.807) is 4.90 Å². The van der Waals surface area contributed by atoms with E-state index < -0.39 is 5.82 Å². The first-order chi connectivity index (χ1) is 12.5. The largest absolute Gasteiger partial charge is 0.458 e. The molecule has 0 radical (unpaired) electrons. The first-order valence-electron chi connectivity index (χ1n) is 8.21. The number of amides is 1. The van der Waals surface area contributed by atoms with Crippen molar-refractivity contribution in [3.8, 4) is 11.6 Å². The van der Waals surface area contributed by atoms with Gasteiger partial charge in [0.2, 0.25) is 0 Å². The van der Waals surface area contributed by atoms with Crippen LogP contribution in [0.25, 0.3) is 11.6 Å². The Balaban J connectivity index is 1.64. The normalized spacial score (nSPS) is 16.6. The van der Waals surface area contributed by atoms with Crippen molar-refractivity contribution in [2.75, 3.05) is 6.54 Å². The molecule has 0 aliphatic carbocycles. The molecule has 0 bridgehead atoms. The number of carbonyl (C=O) groups is 1. The lowest BCUT2D eigenvalue weighted by atomic mass is 10.1. The second-order valence-corrected chi connectivity index (χ2v) is 6.65. The third-order valence-electron chi connectivity index (χ3n) is 4.57. The van der Waals surface area contributed by atoms with Gasteiger partial charge in [0.05, 0.1) is 11.1 Å². The lowest BCUT2D eigenvalue weighted by Gasteiger charge is -2.33. The maximum Gasteiger partial charge on any atom is 0.254 e. The molecule has 3 heterocycles. The van der Waals surface area contributed by atoms with Crippen molar-refractivity contribution in [3.63, 3.8) is 0 Å². The lowest BCUT2D eigenvalue weighted by molar-refractivity contribution is 0.0638. The van der Waals surface area contributed by atoms with Gasteiger partial charge >= 0.3 is 0 Å². The van der Waals surface area contributed by atoms with E-state index in [-0.39, 0.29) is 22.5 Å². The summed E-state index contributed by atoms with van der Waals surface area (Å²) in [5.74, 6) is 1.88. The molecular weight excluding hydrogens is 359 g/mol. The predicted molar refractivity (Wildman–Crippen MR) is 93.3 cm³/mol. The third-order valence-corrected chi connectivity index (χ3v) is 4.88. The lowest BCUT2D eigenvalue weighted by Crippen LogP contribution is -2.41. The van der Waals surface area contributed by atoms with Gasteiger partial charge in [-0.25, -0.2) is 4.39 Å². The Bertz CT molecular complexity index is 997. The fraction of sp³-hybridized carbons (Fsp3) is 0.278. The summed E-state index contributed by atoms with van der Waals surface area (Å²) in [6.45, 7) is 4.73. The number of aromatic nitrogens is 3. The van der Waals surface area contributed by atoms with Gasteiger partial charge in [-0.05, 0) is 44.2 Å². The first kappa shape index (κ1) is 16.8. The summed E-state index contributed by atoms with van der Waals surface area (Å²) < 4.78 is 21.3. The number of carbonyl (C=O) groups excluding carboxylic acids is 1. The van der Waals surface area contributed by atoms with E-state index in [9.17, 15) is 9.18 Å². The molecule has 134 valence electrons. The number of rotatable bonds is 2. The molecule has 6 nitrogen and oxygen atoms in total. The minimum atomic E-state index is -0.610. The van der Waals surface area contributed by atoms with E-state index in [0.29, 0.717) is 30.5 Å². The quantitative estimate of drug-likeness (QED) is 0.683. The average Bonchev–Trinajstić information content (AvgIpc) is 3.23. The van der Waals surface area contributed by atoms with Gasteiger partial charge in [0.25, 0.3) is 5.91 Å². The molecule has 2 aromatic heterocycles. The highest BCUT2D eigenvalue weighted by Crippen LogP contribution is 2.30. The van der Waals surface area contributed by atoms with E-state index >= 15 is 0 Å². The maximum atomic E-state index is 13.7. The van der Waals surface area contributed by atoms with E-state index in [2.05, 4.69) is 10.2 Å². The van der Waals surface area contributed by atoms with Gasteiger partial charge in [-0.15, -0.1) is 10.2 Å². The van der Waals surface area contributed by atoms with Gasteiger partial charge in [0.15, 0.2) is 17.4 Å². The second kappa shape index (κ2) is 6.25. The van der Waals surface area contributed by atoms with Gasteiger partial charge in [-0.2, -0.15) is 0 Å². The minimum Gasteiger partial charge on any atom is -0.458 e. The number of benzene rings is 1. The predicted octanol–water partition coefficient (Wildman–Crippen LogP) is 3.86. The van der Waals surface area contributed by atoms with Crippen LogP contribution in [0.15, 0.2) is 34.7 Å². The van der Waals surface area contributed by atoms with Crippen molar-refractivity contribution in [3.05, 3.63) is 58.3 Å². The molecule has 0 saturated carbocycles. The Hall–Kier alpha value is -2.67. The fourth-order valence-corrected chi connectivity index (χ4v) is 3.31. The maximum absolute atomic E-state index is 13.7. The molecule has 26 heavy (non-hydrogen) atoms. The van der Waals surface area contributed by atoms with Gasteiger partial charge in [-0.3, -0.25) is 4.79 Å². The third kappa shape index (κ3) is 2.68. The number of aryl methyl sites for hydroxylation is 1. The Morgan fingerprint density at radius 1 is 1.27 bits per heavy atom. The summed E-state index contributed by atoms with van der Waals surface area (Å²) in [6, 6.07) is 7.50. The molecule has 0 N–H and O–H groups in total. The van der Waals surface area contributed by atoms with Crippen LogP contribution in [0.1, 0.15) is 34.9 Å². The Morgan fingerprint density at radius 2 is 2.08 bits per heavy atom. The number of furan rings is 1. The second-order valence-electron chi connectivity index (χ2n) is 6.25. The van der Waals surface area contributed by atoms with Gasteiger partial charge in [0, 0.05) is 18.7 Å². The highest BCUT2D eigenvalue weighted by atomic mass is 35.5. The van der Waals surface area contributed by atoms with Crippen molar-refractivity contribution in [1.29, 1.82) is 0 Å². The molecular formula is C18H16ClFN4O2. The molecule has 1 aromatic carbocycles. The van der Waals surface area contributed by atoms with Crippen LogP contribution in [0, 0.1) is 12.7 Å². The standard InChI is InChI=1S/C18H16ClFN4O2/c1-10-3-6-15(26-10)17-22-21-16-11(2)23(7-8-24(16)17)18(25)12-4-5-13(19)14(20)9-12/h3-6,9,11H,7-8H2,1-2H3/t11-/m1/s1. The highest BCUT2D eigenvalue weighted by Gasteiger charge is 2.32. The summed E-state index contributed by atoms with van der Waals surface area (Å²) in [6.07, 6.45) is 0. The molecule has 8 heteroatoms. The van der Waals surface area contributed by atoms with Gasteiger partial charge < -0.3 is 13.9 Å². The molecule has 1 aliphatic rings. The number of nitrogens with zero attached hydrogens (tertiary/aromatic N) is 4. The first-order valence-corrected chi connectivity index (χ1v) is 8.59. The van der Waals surface area contributed by atoms with E-state index in [1.807, 2.05) is 30.5 Å². The van der Waals surface area contributed by atoms with Crippen molar-refractivity contribution in [2.24, 2.45) is 0 Å². The molecule has 1 atom stereocenters. The van der Waals surface area contributed by atoms with Crippen LogP contribution in [-0.2, 0) is 6.54 Å². The summed E-state index contributed by atoms with van der Waals surface area (Å²) >= 11 is 5.70. The Kier molecular flexibility index (Phi) is 4.03. The molecule has 0 unspecified atom stereocenters.